The zero-order valence-corrected chi connectivity index (χ0v) is 14.7. The van der Waals surface area contributed by atoms with Crippen molar-refractivity contribution in [1.82, 2.24) is 15.5 Å². The van der Waals surface area contributed by atoms with Crippen molar-refractivity contribution < 1.29 is 9.32 Å². The van der Waals surface area contributed by atoms with E-state index < -0.39 is 0 Å². The summed E-state index contributed by atoms with van der Waals surface area (Å²) in [5.74, 6) is 0.393. The third-order valence-corrected chi connectivity index (χ3v) is 4.80. The number of benzene rings is 1. The van der Waals surface area contributed by atoms with Crippen molar-refractivity contribution in [3.05, 3.63) is 57.2 Å². The summed E-state index contributed by atoms with van der Waals surface area (Å²) < 4.78 is 5.03. The summed E-state index contributed by atoms with van der Waals surface area (Å²) in [7, 11) is 0. The molecule has 0 aliphatic heterocycles. The first-order valence-electron chi connectivity index (χ1n) is 7.79. The van der Waals surface area contributed by atoms with E-state index in [0.717, 1.165) is 16.3 Å². The largest absolute Gasteiger partial charge is 0.361 e. The third-order valence-electron chi connectivity index (χ3n) is 3.77. The molecular formula is C18H19N3O2S. The molecule has 0 bridgehead atoms. The predicted octanol–water partition coefficient (Wildman–Crippen LogP) is 3.70. The van der Waals surface area contributed by atoms with Crippen molar-refractivity contribution in [2.45, 2.75) is 27.2 Å². The van der Waals surface area contributed by atoms with Gasteiger partial charge in [0.2, 0.25) is 0 Å². The van der Waals surface area contributed by atoms with Crippen LogP contribution >= 0.6 is 11.3 Å². The predicted molar refractivity (Wildman–Crippen MR) is 94.3 cm³/mol. The number of aromatic nitrogens is 2. The molecule has 0 aliphatic rings. The number of nitrogens with one attached hydrogen (secondary N) is 1. The first kappa shape index (κ1) is 16.4. The van der Waals surface area contributed by atoms with Gasteiger partial charge >= 0.3 is 0 Å². The minimum absolute atomic E-state index is 0.150. The quantitative estimate of drug-likeness (QED) is 0.768. The third kappa shape index (κ3) is 3.38. The van der Waals surface area contributed by atoms with Gasteiger partial charge in [0, 0.05) is 23.4 Å². The SMILES string of the molecule is Cc1noc(C)c1C(=O)NCCc1nc(-c2ccccc2)c(C)s1. The topological polar surface area (TPSA) is 68.0 Å². The normalized spacial score (nSPS) is 10.8. The molecule has 1 aromatic carbocycles. The van der Waals surface area contributed by atoms with Gasteiger partial charge in [0.15, 0.2) is 0 Å². The molecule has 3 aromatic rings. The van der Waals surface area contributed by atoms with Gasteiger partial charge in [-0.25, -0.2) is 4.98 Å². The van der Waals surface area contributed by atoms with Crippen LogP contribution in [0.4, 0.5) is 0 Å². The van der Waals surface area contributed by atoms with Crippen LogP contribution < -0.4 is 5.32 Å². The lowest BCUT2D eigenvalue weighted by Crippen LogP contribution is -2.26. The van der Waals surface area contributed by atoms with Crippen LogP contribution in [0.1, 0.15) is 31.7 Å². The molecule has 3 rings (SSSR count). The Kier molecular flexibility index (Phi) is 4.76. The zero-order valence-electron chi connectivity index (χ0n) is 13.9. The first-order valence-corrected chi connectivity index (χ1v) is 8.60. The number of carbonyl (C=O) groups is 1. The molecule has 2 aromatic heterocycles. The van der Waals surface area contributed by atoms with E-state index in [-0.39, 0.29) is 5.91 Å². The highest BCUT2D eigenvalue weighted by molar-refractivity contribution is 7.12. The second-order valence-electron chi connectivity index (χ2n) is 5.58. The van der Waals surface area contributed by atoms with E-state index in [1.165, 1.54) is 4.88 Å². The molecule has 0 radical (unpaired) electrons. The van der Waals surface area contributed by atoms with Crippen molar-refractivity contribution in [1.29, 1.82) is 0 Å². The summed E-state index contributed by atoms with van der Waals surface area (Å²) in [5.41, 5.74) is 3.28. The summed E-state index contributed by atoms with van der Waals surface area (Å²) in [6.45, 7) is 6.11. The van der Waals surface area contributed by atoms with Crippen molar-refractivity contribution in [3.63, 3.8) is 0 Å². The molecule has 6 heteroatoms. The Hall–Kier alpha value is -2.47. The van der Waals surface area contributed by atoms with Crippen LogP contribution in [-0.2, 0) is 6.42 Å². The lowest BCUT2D eigenvalue weighted by molar-refractivity contribution is 0.0952. The molecule has 0 saturated carbocycles. The van der Waals surface area contributed by atoms with Gasteiger partial charge in [-0.1, -0.05) is 35.5 Å². The molecule has 2 heterocycles. The lowest BCUT2D eigenvalue weighted by atomic mass is 10.1. The van der Waals surface area contributed by atoms with E-state index in [0.29, 0.717) is 30.0 Å². The Morgan fingerprint density at radius 3 is 2.62 bits per heavy atom. The Bertz CT molecular complexity index is 833. The number of aryl methyl sites for hydroxylation is 3. The van der Waals surface area contributed by atoms with Gasteiger partial charge in [0.25, 0.3) is 5.91 Å². The molecule has 1 N–H and O–H groups in total. The maximum atomic E-state index is 12.2. The molecule has 0 atom stereocenters. The van der Waals surface area contributed by atoms with Crippen molar-refractivity contribution in [2.75, 3.05) is 6.54 Å². The smallest absolute Gasteiger partial charge is 0.256 e. The standard InChI is InChI=1S/C18H19N3O2S/c1-11-16(12(2)23-21-11)18(22)19-10-9-15-20-17(13(3)24-15)14-7-5-4-6-8-14/h4-8H,9-10H2,1-3H3,(H,19,22). The fourth-order valence-corrected chi connectivity index (χ4v) is 3.56. The molecule has 0 spiro atoms. The Labute approximate surface area is 144 Å². The van der Waals surface area contributed by atoms with Crippen LogP contribution in [0.25, 0.3) is 11.3 Å². The van der Waals surface area contributed by atoms with Crippen molar-refractivity contribution >= 4 is 17.2 Å². The van der Waals surface area contributed by atoms with Crippen LogP contribution in [0.2, 0.25) is 0 Å². The monoisotopic (exact) mass is 341 g/mol. The second kappa shape index (κ2) is 6.97. The molecule has 0 aliphatic carbocycles. The van der Waals surface area contributed by atoms with Gasteiger partial charge in [0.1, 0.15) is 11.3 Å². The number of amides is 1. The Morgan fingerprint density at radius 1 is 1.21 bits per heavy atom. The molecule has 124 valence electrons. The Morgan fingerprint density at radius 2 is 1.96 bits per heavy atom. The number of carbonyl (C=O) groups excluding carboxylic acids is 1. The number of rotatable bonds is 5. The van der Waals surface area contributed by atoms with Crippen LogP contribution in [0.5, 0.6) is 0 Å². The highest BCUT2D eigenvalue weighted by atomic mass is 32.1. The molecule has 5 nitrogen and oxygen atoms in total. The van der Waals surface area contributed by atoms with Gasteiger partial charge < -0.3 is 9.84 Å². The minimum atomic E-state index is -0.150. The van der Waals surface area contributed by atoms with E-state index in [4.69, 9.17) is 9.51 Å². The maximum Gasteiger partial charge on any atom is 0.256 e. The molecule has 0 fully saturated rings. The van der Waals surface area contributed by atoms with E-state index >= 15 is 0 Å². The summed E-state index contributed by atoms with van der Waals surface area (Å²) >= 11 is 1.67. The van der Waals surface area contributed by atoms with Crippen LogP contribution in [-0.4, -0.2) is 22.6 Å². The number of hydrogen-bond donors (Lipinski definition) is 1. The molecule has 24 heavy (non-hydrogen) atoms. The average molecular weight is 341 g/mol. The highest BCUT2D eigenvalue weighted by Crippen LogP contribution is 2.27. The molecule has 1 amide bonds. The summed E-state index contributed by atoms with van der Waals surface area (Å²) in [5, 5.41) is 7.74. The van der Waals surface area contributed by atoms with E-state index in [9.17, 15) is 4.79 Å². The maximum absolute atomic E-state index is 12.2. The van der Waals surface area contributed by atoms with Crippen LogP contribution in [0.15, 0.2) is 34.9 Å². The van der Waals surface area contributed by atoms with Gasteiger partial charge in [0.05, 0.1) is 16.4 Å². The minimum Gasteiger partial charge on any atom is -0.361 e. The zero-order chi connectivity index (χ0) is 17.1. The van der Waals surface area contributed by atoms with E-state index in [1.807, 2.05) is 18.2 Å². The Balaban J connectivity index is 1.63. The van der Waals surface area contributed by atoms with Crippen molar-refractivity contribution in [3.8, 4) is 11.3 Å². The summed E-state index contributed by atoms with van der Waals surface area (Å²) in [6.07, 6.45) is 0.702. The number of nitrogens with zero attached hydrogens (tertiary/aromatic N) is 2. The van der Waals surface area contributed by atoms with Crippen molar-refractivity contribution in [2.24, 2.45) is 0 Å². The molecular weight excluding hydrogens is 322 g/mol. The van der Waals surface area contributed by atoms with Gasteiger partial charge in [-0.3, -0.25) is 4.79 Å². The van der Waals surface area contributed by atoms with Gasteiger partial charge in [-0.05, 0) is 20.8 Å². The molecule has 0 saturated heterocycles. The lowest BCUT2D eigenvalue weighted by Gasteiger charge is -2.03. The van der Waals surface area contributed by atoms with Gasteiger partial charge in [-0.2, -0.15) is 0 Å². The fraction of sp³-hybridized carbons (Fsp3) is 0.278. The number of thiazole rings is 1. The summed E-state index contributed by atoms with van der Waals surface area (Å²) in [6, 6.07) is 10.1. The van der Waals surface area contributed by atoms with Crippen LogP contribution in [0, 0.1) is 20.8 Å². The highest BCUT2D eigenvalue weighted by Gasteiger charge is 2.17. The number of hydrogen-bond acceptors (Lipinski definition) is 5. The van der Waals surface area contributed by atoms with E-state index in [2.05, 4.69) is 29.5 Å². The first-order chi connectivity index (χ1) is 11.6. The van der Waals surface area contributed by atoms with E-state index in [1.54, 1.807) is 25.2 Å². The fourth-order valence-electron chi connectivity index (χ4n) is 2.60. The van der Waals surface area contributed by atoms with Crippen LogP contribution in [0.3, 0.4) is 0 Å². The average Bonchev–Trinajstić information content (AvgIpc) is 3.10. The second-order valence-corrected chi connectivity index (χ2v) is 6.87. The molecule has 0 unspecified atom stereocenters. The van der Waals surface area contributed by atoms with Gasteiger partial charge in [-0.15, -0.1) is 11.3 Å². The summed E-state index contributed by atoms with van der Waals surface area (Å²) in [4.78, 5) is 18.1.